The molecule has 2 aromatic carbocycles. The summed E-state index contributed by atoms with van der Waals surface area (Å²) in [5.74, 6) is -0.954. The molecule has 2 N–H and O–H groups in total. The number of benzene rings is 2. The smallest absolute Gasteiger partial charge is 0.410 e. The lowest BCUT2D eigenvalue weighted by molar-refractivity contribution is -0.255. The van der Waals surface area contributed by atoms with E-state index in [4.69, 9.17) is 28.9 Å². The Morgan fingerprint density at radius 1 is 0.921 bits per heavy atom. The number of aliphatic hydroxyl groups excluding tert-OH is 2. The number of oxime groups is 1. The Hall–Kier alpha value is -3.93. The Kier molecular flexibility index (Phi) is 21.3. The Morgan fingerprint density at radius 3 is 2.32 bits per heavy atom. The molecular weight excluding hydrogens is 800 g/mol. The van der Waals surface area contributed by atoms with Crippen molar-refractivity contribution in [2.75, 3.05) is 39.6 Å². The van der Waals surface area contributed by atoms with Crippen LogP contribution in [0.5, 0.6) is 11.5 Å². The molecule has 10 nitrogen and oxygen atoms in total. The summed E-state index contributed by atoms with van der Waals surface area (Å²) >= 11 is 0. The lowest BCUT2D eigenvalue weighted by Gasteiger charge is -2.59. The van der Waals surface area contributed by atoms with Crippen LogP contribution in [0.3, 0.4) is 0 Å². The molecule has 0 spiro atoms. The third kappa shape index (κ3) is 13.3. The quantitative estimate of drug-likeness (QED) is 0.0452. The Labute approximate surface area is 377 Å². The molecule has 0 radical (unpaired) electrons. The second-order valence-corrected chi connectivity index (χ2v) is 17.6. The van der Waals surface area contributed by atoms with Crippen LogP contribution in [-0.2, 0) is 20.9 Å². The third-order valence-corrected chi connectivity index (χ3v) is 13.1. The molecule has 2 aliphatic carbocycles. The van der Waals surface area contributed by atoms with Crippen LogP contribution in [0, 0.1) is 23.6 Å². The van der Waals surface area contributed by atoms with Gasteiger partial charge in [0, 0.05) is 43.2 Å². The zero-order valence-electron chi connectivity index (χ0n) is 38.6. The van der Waals surface area contributed by atoms with Crippen LogP contribution in [-0.4, -0.2) is 78.3 Å². The molecule has 1 fully saturated rings. The summed E-state index contributed by atoms with van der Waals surface area (Å²) in [7, 11) is 0. The van der Waals surface area contributed by atoms with E-state index in [1.807, 2.05) is 25.1 Å². The topological polar surface area (TPSA) is 119 Å². The van der Waals surface area contributed by atoms with Gasteiger partial charge in [0.1, 0.15) is 36.6 Å². The molecule has 5 rings (SSSR count). The zero-order valence-corrected chi connectivity index (χ0v) is 38.6. The summed E-state index contributed by atoms with van der Waals surface area (Å²) < 4.78 is 41.5. The molecule has 6 atom stereocenters. The first-order valence-corrected chi connectivity index (χ1v) is 24.4. The summed E-state index contributed by atoms with van der Waals surface area (Å²) in [4.78, 5) is 22.2. The normalized spacial score (nSPS) is 23.0. The number of hydrogen-bond donors (Lipinski definition) is 2. The van der Waals surface area contributed by atoms with Crippen molar-refractivity contribution in [3.05, 3.63) is 83.7 Å². The van der Waals surface area contributed by atoms with Crippen LogP contribution in [0.4, 0.5) is 9.18 Å². The van der Waals surface area contributed by atoms with Crippen LogP contribution in [0.25, 0.3) is 0 Å². The van der Waals surface area contributed by atoms with E-state index in [1.165, 1.54) is 51.0 Å². The fourth-order valence-electron chi connectivity index (χ4n) is 10.1. The van der Waals surface area contributed by atoms with Crippen LogP contribution in [0.1, 0.15) is 153 Å². The Morgan fingerprint density at radius 2 is 1.63 bits per heavy atom. The van der Waals surface area contributed by atoms with Crippen molar-refractivity contribution in [2.45, 2.75) is 161 Å². The lowest BCUT2D eigenvalue weighted by atomic mass is 9.55. The predicted molar refractivity (Wildman–Crippen MR) is 248 cm³/mol. The molecule has 0 saturated heterocycles. The second-order valence-electron chi connectivity index (χ2n) is 17.6. The number of allylic oxidation sites excluding steroid dienone is 1. The first kappa shape index (κ1) is 50.1. The molecule has 2 aromatic rings. The van der Waals surface area contributed by atoms with Crippen molar-refractivity contribution in [3.63, 3.8) is 0 Å². The summed E-state index contributed by atoms with van der Waals surface area (Å²) in [5.41, 5.74) is 3.12. The number of halogens is 1. The molecule has 1 amide bonds. The van der Waals surface area contributed by atoms with Gasteiger partial charge >= 0.3 is 6.09 Å². The molecule has 1 heterocycles. The fourth-order valence-corrected chi connectivity index (χ4v) is 10.1. The van der Waals surface area contributed by atoms with Crippen molar-refractivity contribution in [3.8, 4) is 11.5 Å². The standard InChI is InChI=1S/C52H77FN2O8/c1-5-9-10-11-12-13-14-15-16-23-34-59-51(58)55(30-6-2)48-37-46(54-62-8-4)43-35-39(24-19-21-31-56)42(26-20-22-32-57)49-44-36-41(60-38-40-25-17-18-27-45(40)53)28-29-47(44)63-52(48,50(43)49)61-33-7-3/h7,17-18,25,27-29,35-36,39,42,48-50,56-57H,3,5-6,8-16,19-24,26,30-34,37-38H2,1-2,4H3. The first-order valence-electron chi connectivity index (χ1n) is 24.4. The van der Waals surface area contributed by atoms with E-state index in [9.17, 15) is 19.4 Å². The maximum Gasteiger partial charge on any atom is 0.410 e. The van der Waals surface area contributed by atoms with Crippen molar-refractivity contribution in [1.82, 2.24) is 4.90 Å². The highest BCUT2D eigenvalue weighted by atomic mass is 19.1. The van der Waals surface area contributed by atoms with Gasteiger partial charge < -0.3 is 34.0 Å². The SMILES string of the molecule is C=CCOC12Oc3ccc(OCc4ccccc4F)cc3C3C(CCCCO)C(CCCCO)C=C(C(=NOCC)CC1N(CCC)C(=O)OCCCCCCCCCCCC)C32. The minimum absolute atomic E-state index is 0.0577. The zero-order chi connectivity index (χ0) is 44.9. The number of nitrogens with zero attached hydrogens (tertiary/aromatic N) is 2. The highest BCUT2D eigenvalue weighted by Gasteiger charge is 2.65. The molecule has 1 aliphatic heterocycles. The maximum atomic E-state index is 14.7. The van der Waals surface area contributed by atoms with E-state index in [1.54, 1.807) is 29.2 Å². The van der Waals surface area contributed by atoms with Gasteiger partial charge in [0.05, 0.1) is 24.8 Å². The molecule has 0 bridgehead atoms. The van der Waals surface area contributed by atoms with Crippen molar-refractivity contribution in [2.24, 2.45) is 22.9 Å². The summed E-state index contributed by atoms with van der Waals surface area (Å²) in [5, 5.41) is 24.6. The van der Waals surface area contributed by atoms with Gasteiger partial charge in [-0.1, -0.05) is 120 Å². The largest absolute Gasteiger partial charge is 0.489 e. The van der Waals surface area contributed by atoms with Gasteiger partial charge in [0.2, 0.25) is 5.79 Å². The van der Waals surface area contributed by atoms with Crippen molar-refractivity contribution >= 4 is 11.8 Å². The number of aliphatic hydroxyl groups is 2. The summed E-state index contributed by atoms with van der Waals surface area (Å²) in [6.07, 6.45) is 21.2. The maximum absolute atomic E-state index is 14.7. The molecule has 63 heavy (non-hydrogen) atoms. The average molecular weight is 877 g/mol. The summed E-state index contributed by atoms with van der Waals surface area (Å²) in [6, 6.07) is 11.8. The lowest BCUT2D eigenvalue weighted by Crippen LogP contribution is -2.70. The van der Waals surface area contributed by atoms with E-state index in [0.717, 1.165) is 61.8 Å². The van der Waals surface area contributed by atoms with E-state index < -0.39 is 23.8 Å². The van der Waals surface area contributed by atoms with Gasteiger partial charge in [0.15, 0.2) is 0 Å². The van der Waals surface area contributed by atoms with E-state index in [0.29, 0.717) is 62.5 Å². The van der Waals surface area contributed by atoms with Gasteiger partial charge in [0.25, 0.3) is 0 Å². The fraction of sp³-hybridized carbons (Fsp3) is 0.654. The highest BCUT2D eigenvalue weighted by molar-refractivity contribution is 6.03. The van der Waals surface area contributed by atoms with Crippen LogP contribution in [0.2, 0.25) is 0 Å². The number of hydrogen-bond acceptors (Lipinski definition) is 9. The number of fused-ring (bicyclic) bond motifs is 2. The number of ether oxygens (including phenoxy) is 4. The van der Waals surface area contributed by atoms with E-state index in [-0.39, 0.29) is 50.0 Å². The van der Waals surface area contributed by atoms with Crippen LogP contribution in [0.15, 0.2) is 71.9 Å². The highest BCUT2D eigenvalue weighted by Crippen LogP contribution is 2.62. The average Bonchev–Trinajstić information content (AvgIpc) is 3.29. The van der Waals surface area contributed by atoms with Gasteiger partial charge in [-0.05, 0) is 87.1 Å². The van der Waals surface area contributed by atoms with Gasteiger partial charge in [-0.25, -0.2) is 9.18 Å². The number of carbonyl (C=O) groups excluding carboxylic acids is 1. The molecular formula is C52H77FN2O8. The van der Waals surface area contributed by atoms with Crippen LogP contribution < -0.4 is 9.47 Å². The number of unbranched alkanes of at least 4 members (excludes halogenated alkanes) is 11. The van der Waals surface area contributed by atoms with Crippen molar-refractivity contribution in [1.29, 1.82) is 0 Å². The van der Waals surface area contributed by atoms with Crippen molar-refractivity contribution < 1.29 is 43.2 Å². The van der Waals surface area contributed by atoms with Crippen LogP contribution >= 0.6 is 0 Å². The molecule has 350 valence electrons. The molecule has 3 aliphatic rings. The molecule has 1 saturated carbocycles. The molecule has 11 heteroatoms. The number of rotatable bonds is 30. The minimum Gasteiger partial charge on any atom is -0.489 e. The van der Waals surface area contributed by atoms with Gasteiger partial charge in [-0.2, -0.15) is 0 Å². The molecule has 6 unspecified atom stereocenters. The minimum atomic E-state index is -1.37. The monoisotopic (exact) mass is 877 g/mol. The number of carbonyl (C=O) groups is 1. The van der Waals surface area contributed by atoms with Gasteiger partial charge in [-0.3, -0.25) is 4.90 Å². The Balaban J connectivity index is 1.55. The number of amides is 1. The summed E-state index contributed by atoms with van der Waals surface area (Å²) in [6.45, 7) is 11.8. The second kappa shape index (κ2) is 26.8. The molecule has 0 aromatic heterocycles. The van der Waals surface area contributed by atoms with Gasteiger partial charge in [-0.15, -0.1) is 6.58 Å². The Bertz CT molecular complexity index is 1750. The third-order valence-electron chi connectivity index (χ3n) is 13.1. The van der Waals surface area contributed by atoms with E-state index >= 15 is 0 Å². The predicted octanol–water partition coefficient (Wildman–Crippen LogP) is 11.8. The van der Waals surface area contributed by atoms with E-state index in [2.05, 4.69) is 26.5 Å². The first-order chi connectivity index (χ1) is 30.9.